The Kier molecular flexibility index (Phi) is 4.56. The molecule has 0 saturated heterocycles. The lowest BCUT2D eigenvalue weighted by Gasteiger charge is -2.12. The molecule has 0 atom stereocenters. The summed E-state index contributed by atoms with van der Waals surface area (Å²) in [5, 5.41) is 3.41. The van der Waals surface area contributed by atoms with E-state index in [4.69, 9.17) is 10.5 Å². The highest BCUT2D eigenvalue weighted by atomic mass is 19.4. The van der Waals surface area contributed by atoms with E-state index in [0.29, 0.717) is 0 Å². The summed E-state index contributed by atoms with van der Waals surface area (Å²) >= 11 is 0. The molecule has 0 bridgehead atoms. The number of hydrogen-bond donors (Lipinski definition) is 2. The van der Waals surface area contributed by atoms with Crippen LogP contribution < -0.4 is 20.6 Å². The van der Waals surface area contributed by atoms with E-state index >= 15 is 0 Å². The summed E-state index contributed by atoms with van der Waals surface area (Å²) in [5.41, 5.74) is 6.92. The zero-order chi connectivity index (χ0) is 14.5. The number of carbonyl (C=O) groups excluding carboxylic acids is 1. The van der Waals surface area contributed by atoms with Crippen molar-refractivity contribution in [3.8, 4) is 11.5 Å². The van der Waals surface area contributed by atoms with Crippen molar-refractivity contribution in [1.82, 2.24) is 5.43 Å². The molecule has 0 heterocycles. The van der Waals surface area contributed by atoms with Crippen LogP contribution in [0.1, 0.15) is 5.56 Å². The number of carbonyl (C=O) groups is 1. The predicted octanol–water partition coefficient (Wildman–Crippen LogP) is 1.60. The Morgan fingerprint density at radius 2 is 2.11 bits per heavy atom. The van der Waals surface area contributed by atoms with Crippen molar-refractivity contribution in [3.63, 3.8) is 0 Å². The number of hydrazone groups is 1. The average Bonchev–Trinajstić information content (AvgIpc) is 2.26. The molecule has 9 heteroatoms. The molecular weight excluding hydrogens is 267 g/mol. The summed E-state index contributed by atoms with van der Waals surface area (Å²) in [6.45, 7) is 0. The fourth-order valence-electron chi connectivity index (χ4n) is 1.15. The summed E-state index contributed by atoms with van der Waals surface area (Å²) in [6, 6.07) is 2.86. The molecule has 0 aliphatic rings. The van der Waals surface area contributed by atoms with Gasteiger partial charge in [-0.15, -0.1) is 13.2 Å². The SMILES string of the molecule is COc1ccc(C=NNC(N)=O)cc1OC(F)(F)F. The maximum absolute atomic E-state index is 12.2. The number of nitrogens with two attached hydrogens (primary N) is 1. The topological polar surface area (TPSA) is 85.9 Å². The van der Waals surface area contributed by atoms with Gasteiger partial charge in [0.2, 0.25) is 0 Å². The molecule has 104 valence electrons. The molecular formula is C10H10F3N3O3. The number of urea groups is 1. The molecule has 1 aromatic carbocycles. The molecule has 1 aromatic rings. The largest absolute Gasteiger partial charge is 0.573 e. The van der Waals surface area contributed by atoms with Crippen molar-refractivity contribution in [2.24, 2.45) is 10.8 Å². The Morgan fingerprint density at radius 1 is 1.42 bits per heavy atom. The van der Waals surface area contributed by atoms with Crippen molar-refractivity contribution in [2.75, 3.05) is 7.11 Å². The van der Waals surface area contributed by atoms with Crippen LogP contribution in [0.4, 0.5) is 18.0 Å². The van der Waals surface area contributed by atoms with Crippen molar-refractivity contribution < 1.29 is 27.4 Å². The van der Waals surface area contributed by atoms with E-state index in [2.05, 4.69) is 9.84 Å². The minimum absolute atomic E-state index is 0.0858. The molecule has 0 fully saturated rings. The third-order valence-corrected chi connectivity index (χ3v) is 1.80. The van der Waals surface area contributed by atoms with Crippen LogP contribution in [0.5, 0.6) is 11.5 Å². The minimum Gasteiger partial charge on any atom is -0.493 e. The summed E-state index contributed by atoms with van der Waals surface area (Å²) in [7, 11) is 1.21. The van der Waals surface area contributed by atoms with E-state index in [1.54, 1.807) is 0 Å². The standard InChI is InChI=1S/C10H10F3N3O3/c1-18-7-3-2-6(5-15-16-9(14)17)4-8(7)19-10(11,12)13/h2-5H,1H3,(H3,14,16,17). The van der Waals surface area contributed by atoms with E-state index in [0.717, 1.165) is 12.3 Å². The van der Waals surface area contributed by atoms with Gasteiger partial charge in [-0.2, -0.15) is 5.10 Å². The number of rotatable bonds is 4. The second kappa shape index (κ2) is 5.94. The number of hydrogen-bond acceptors (Lipinski definition) is 4. The van der Waals surface area contributed by atoms with Crippen molar-refractivity contribution in [1.29, 1.82) is 0 Å². The van der Waals surface area contributed by atoms with Crippen LogP contribution in [0.15, 0.2) is 23.3 Å². The zero-order valence-corrected chi connectivity index (χ0v) is 9.69. The van der Waals surface area contributed by atoms with Gasteiger partial charge in [0.25, 0.3) is 0 Å². The molecule has 0 aliphatic carbocycles. The van der Waals surface area contributed by atoms with Crippen LogP contribution in [0.3, 0.4) is 0 Å². The first-order valence-electron chi connectivity index (χ1n) is 4.84. The Bertz CT molecular complexity index is 489. The lowest BCUT2D eigenvalue weighted by atomic mass is 10.2. The third-order valence-electron chi connectivity index (χ3n) is 1.80. The number of primary amides is 1. The van der Waals surface area contributed by atoms with Crippen LogP contribution >= 0.6 is 0 Å². The summed E-state index contributed by atoms with van der Waals surface area (Å²) < 4.78 is 45.0. The molecule has 0 radical (unpaired) electrons. The predicted molar refractivity (Wildman–Crippen MR) is 60.0 cm³/mol. The maximum atomic E-state index is 12.2. The quantitative estimate of drug-likeness (QED) is 0.647. The fraction of sp³-hybridized carbons (Fsp3) is 0.200. The number of benzene rings is 1. The lowest BCUT2D eigenvalue weighted by Crippen LogP contribution is -2.24. The highest BCUT2D eigenvalue weighted by Gasteiger charge is 2.32. The normalized spacial score (nSPS) is 11.4. The van der Waals surface area contributed by atoms with Gasteiger partial charge in [0.15, 0.2) is 11.5 Å². The van der Waals surface area contributed by atoms with E-state index in [-0.39, 0.29) is 11.3 Å². The number of nitrogens with zero attached hydrogens (tertiary/aromatic N) is 1. The monoisotopic (exact) mass is 277 g/mol. The lowest BCUT2D eigenvalue weighted by molar-refractivity contribution is -0.275. The number of ether oxygens (including phenoxy) is 2. The molecule has 6 nitrogen and oxygen atoms in total. The van der Waals surface area contributed by atoms with Crippen molar-refractivity contribution >= 4 is 12.2 Å². The van der Waals surface area contributed by atoms with E-state index < -0.39 is 18.1 Å². The molecule has 0 aliphatic heterocycles. The average molecular weight is 277 g/mol. The van der Waals surface area contributed by atoms with E-state index in [1.165, 1.54) is 19.2 Å². The number of methoxy groups -OCH3 is 1. The summed E-state index contributed by atoms with van der Waals surface area (Å²) in [6.07, 6.45) is -3.73. The first-order valence-corrected chi connectivity index (χ1v) is 4.84. The van der Waals surface area contributed by atoms with Crippen LogP contribution in [0.2, 0.25) is 0 Å². The molecule has 0 unspecified atom stereocenters. The highest BCUT2D eigenvalue weighted by Crippen LogP contribution is 2.32. The van der Waals surface area contributed by atoms with Gasteiger partial charge >= 0.3 is 12.4 Å². The van der Waals surface area contributed by atoms with Crippen molar-refractivity contribution in [2.45, 2.75) is 6.36 Å². The smallest absolute Gasteiger partial charge is 0.493 e. The molecule has 2 amide bonds. The number of amides is 2. The minimum atomic E-state index is -4.84. The fourth-order valence-corrected chi connectivity index (χ4v) is 1.15. The van der Waals surface area contributed by atoms with Crippen LogP contribution in [0, 0.1) is 0 Å². The van der Waals surface area contributed by atoms with Crippen LogP contribution in [-0.4, -0.2) is 25.7 Å². The molecule has 1 rings (SSSR count). The number of halogens is 3. The zero-order valence-electron chi connectivity index (χ0n) is 9.69. The van der Waals surface area contributed by atoms with Gasteiger partial charge in [-0.3, -0.25) is 0 Å². The Labute approximate surface area is 106 Å². The maximum Gasteiger partial charge on any atom is 0.573 e. The van der Waals surface area contributed by atoms with Gasteiger partial charge in [-0.05, 0) is 23.8 Å². The molecule has 19 heavy (non-hydrogen) atoms. The number of nitrogens with one attached hydrogen (secondary N) is 1. The van der Waals surface area contributed by atoms with E-state index in [1.807, 2.05) is 5.43 Å². The second-order valence-electron chi connectivity index (χ2n) is 3.19. The van der Waals surface area contributed by atoms with Gasteiger partial charge in [-0.1, -0.05) is 0 Å². The highest BCUT2D eigenvalue weighted by molar-refractivity contribution is 5.82. The Hall–Kier alpha value is -2.45. The van der Waals surface area contributed by atoms with Gasteiger partial charge in [0.1, 0.15) is 0 Å². The van der Waals surface area contributed by atoms with Crippen LogP contribution in [-0.2, 0) is 0 Å². The van der Waals surface area contributed by atoms with Gasteiger partial charge in [0, 0.05) is 0 Å². The van der Waals surface area contributed by atoms with Gasteiger partial charge in [-0.25, -0.2) is 10.2 Å². The second-order valence-corrected chi connectivity index (χ2v) is 3.19. The van der Waals surface area contributed by atoms with Crippen LogP contribution in [0.25, 0.3) is 0 Å². The Balaban J connectivity index is 2.94. The molecule has 0 saturated carbocycles. The Morgan fingerprint density at radius 3 is 2.63 bits per heavy atom. The third kappa shape index (κ3) is 5.15. The molecule has 0 aromatic heterocycles. The van der Waals surface area contributed by atoms with Gasteiger partial charge < -0.3 is 15.2 Å². The summed E-state index contributed by atoms with van der Waals surface area (Å²) in [5.74, 6) is -0.602. The number of alkyl halides is 3. The van der Waals surface area contributed by atoms with Crippen molar-refractivity contribution in [3.05, 3.63) is 23.8 Å². The molecule has 0 spiro atoms. The van der Waals surface area contributed by atoms with Gasteiger partial charge in [0.05, 0.1) is 13.3 Å². The van der Waals surface area contributed by atoms with E-state index in [9.17, 15) is 18.0 Å². The first-order chi connectivity index (χ1) is 8.81. The molecule has 3 N–H and O–H groups in total. The first kappa shape index (κ1) is 14.6. The summed E-state index contributed by atoms with van der Waals surface area (Å²) in [4.78, 5) is 10.3.